The van der Waals surface area contributed by atoms with Crippen molar-refractivity contribution >= 4 is 29.1 Å². The highest BCUT2D eigenvalue weighted by atomic mass is 35.5. The highest BCUT2D eigenvalue weighted by Gasteiger charge is 2.45. The number of aryl methyl sites for hydroxylation is 1. The van der Waals surface area contributed by atoms with E-state index in [2.05, 4.69) is 13.8 Å². The van der Waals surface area contributed by atoms with Crippen LogP contribution in [-0.4, -0.2) is 60.4 Å². The van der Waals surface area contributed by atoms with Crippen molar-refractivity contribution in [2.75, 3.05) is 33.8 Å². The summed E-state index contributed by atoms with van der Waals surface area (Å²) < 4.78 is 5.79. The maximum Gasteiger partial charge on any atom is 0.295 e. The Morgan fingerprint density at radius 1 is 1.15 bits per heavy atom. The molecule has 0 radical (unpaired) electrons. The number of likely N-dealkylation sites (tertiary alicyclic amines) is 1. The molecule has 1 heterocycles. The van der Waals surface area contributed by atoms with Crippen molar-refractivity contribution in [1.82, 2.24) is 9.80 Å². The Bertz CT molecular complexity index is 1080. The fraction of sp³-hybridized carbons (Fsp3) is 0.407. The molecule has 0 aliphatic carbocycles. The van der Waals surface area contributed by atoms with Gasteiger partial charge in [-0.3, -0.25) is 9.59 Å². The molecule has 2 aromatic carbocycles. The van der Waals surface area contributed by atoms with Gasteiger partial charge in [-0.2, -0.15) is 0 Å². The van der Waals surface area contributed by atoms with Crippen molar-refractivity contribution < 1.29 is 19.4 Å². The van der Waals surface area contributed by atoms with Gasteiger partial charge >= 0.3 is 0 Å². The molecule has 3 rings (SSSR count). The number of nitrogens with zero attached hydrogens (tertiary/aromatic N) is 2. The second-order valence-corrected chi connectivity index (χ2v) is 9.82. The lowest BCUT2D eigenvalue weighted by atomic mass is 9.94. The van der Waals surface area contributed by atoms with E-state index in [4.69, 9.17) is 16.3 Å². The van der Waals surface area contributed by atoms with E-state index in [0.29, 0.717) is 41.8 Å². The first-order valence-corrected chi connectivity index (χ1v) is 11.9. The van der Waals surface area contributed by atoms with Gasteiger partial charge in [0.05, 0.1) is 18.2 Å². The Hall–Kier alpha value is -2.83. The summed E-state index contributed by atoms with van der Waals surface area (Å²) in [4.78, 5) is 29.8. The quantitative estimate of drug-likeness (QED) is 0.306. The van der Waals surface area contributed by atoms with E-state index in [-0.39, 0.29) is 11.3 Å². The topological polar surface area (TPSA) is 70.1 Å². The van der Waals surface area contributed by atoms with E-state index in [1.165, 1.54) is 0 Å². The summed E-state index contributed by atoms with van der Waals surface area (Å²) in [6.45, 7) is 7.74. The standard InChI is InChI=1S/C27H33ClN2O4/c1-17(2)16-34-21-11-12-22(18(3)15-21)25(31)23-24(19-7-9-20(28)10-8-19)30(27(33)26(23)32)14-6-13-29(4)5/h7-12,15,17,24,31H,6,13-14,16H2,1-5H3/t24-/m0/s1. The number of ketones is 1. The normalized spacial score (nSPS) is 17.8. The van der Waals surface area contributed by atoms with Crippen molar-refractivity contribution in [3.63, 3.8) is 0 Å². The van der Waals surface area contributed by atoms with Crippen LogP contribution in [0.5, 0.6) is 5.75 Å². The number of aliphatic hydroxyl groups is 1. The number of hydrogen-bond acceptors (Lipinski definition) is 5. The maximum absolute atomic E-state index is 13.2. The second-order valence-electron chi connectivity index (χ2n) is 9.38. The van der Waals surface area contributed by atoms with Crippen molar-refractivity contribution in [2.45, 2.75) is 33.2 Å². The zero-order valence-electron chi connectivity index (χ0n) is 20.5. The molecular formula is C27H33ClN2O4. The van der Waals surface area contributed by atoms with Crippen molar-refractivity contribution in [3.8, 4) is 5.75 Å². The van der Waals surface area contributed by atoms with Crippen LogP contribution in [0.25, 0.3) is 5.76 Å². The Labute approximate surface area is 206 Å². The van der Waals surface area contributed by atoms with Crippen molar-refractivity contribution in [1.29, 1.82) is 0 Å². The summed E-state index contributed by atoms with van der Waals surface area (Å²) >= 11 is 6.08. The summed E-state index contributed by atoms with van der Waals surface area (Å²) in [6, 6.07) is 11.7. The molecule has 1 aliphatic heterocycles. The monoisotopic (exact) mass is 484 g/mol. The molecule has 0 saturated carbocycles. The number of Topliss-reactive ketones (excluding diaryl/α,β-unsaturated/α-hetero) is 1. The van der Waals surface area contributed by atoms with Gasteiger partial charge in [0.15, 0.2) is 0 Å². The van der Waals surface area contributed by atoms with Gasteiger partial charge in [-0.15, -0.1) is 0 Å². The number of hydrogen-bond donors (Lipinski definition) is 1. The van der Waals surface area contributed by atoms with Crippen LogP contribution in [0.3, 0.4) is 0 Å². The molecule has 0 bridgehead atoms. The number of ether oxygens (including phenoxy) is 1. The lowest BCUT2D eigenvalue weighted by Gasteiger charge is -2.26. The zero-order chi connectivity index (χ0) is 25.0. The van der Waals surface area contributed by atoms with Crippen molar-refractivity contribution in [2.24, 2.45) is 5.92 Å². The molecule has 1 saturated heterocycles. The molecule has 0 spiro atoms. The van der Waals surface area contributed by atoms with Crippen LogP contribution in [-0.2, 0) is 9.59 Å². The largest absolute Gasteiger partial charge is 0.507 e. The average Bonchev–Trinajstić information content (AvgIpc) is 3.02. The number of carbonyl (C=O) groups is 2. The average molecular weight is 485 g/mol. The number of aliphatic hydroxyl groups excluding tert-OH is 1. The summed E-state index contributed by atoms with van der Waals surface area (Å²) in [7, 11) is 3.92. The van der Waals surface area contributed by atoms with E-state index in [9.17, 15) is 14.7 Å². The predicted octanol–water partition coefficient (Wildman–Crippen LogP) is 5.06. The molecule has 0 unspecified atom stereocenters. The van der Waals surface area contributed by atoms with Crippen LogP contribution in [0.1, 0.15) is 43.0 Å². The first-order valence-electron chi connectivity index (χ1n) is 11.5. The first kappa shape index (κ1) is 25.8. The Morgan fingerprint density at radius 2 is 1.82 bits per heavy atom. The lowest BCUT2D eigenvalue weighted by molar-refractivity contribution is -0.139. The van der Waals surface area contributed by atoms with Gasteiger partial charge in [0, 0.05) is 17.1 Å². The van der Waals surface area contributed by atoms with Crippen LogP contribution in [0.2, 0.25) is 5.02 Å². The minimum atomic E-state index is -0.685. The zero-order valence-corrected chi connectivity index (χ0v) is 21.2. The number of benzene rings is 2. The minimum Gasteiger partial charge on any atom is -0.507 e. The van der Waals surface area contributed by atoms with Gasteiger partial charge in [-0.05, 0) is 81.4 Å². The van der Waals surface area contributed by atoms with Crippen LogP contribution in [0.15, 0.2) is 48.0 Å². The highest BCUT2D eigenvalue weighted by Crippen LogP contribution is 2.40. The maximum atomic E-state index is 13.2. The van der Waals surface area contributed by atoms with Gasteiger partial charge in [-0.1, -0.05) is 37.6 Å². The van der Waals surface area contributed by atoms with Crippen LogP contribution in [0, 0.1) is 12.8 Å². The van der Waals surface area contributed by atoms with Crippen LogP contribution >= 0.6 is 11.6 Å². The third kappa shape index (κ3) is 5.80. The number of amides is 1. The van der Waals surface area contributed by atoms with Gasteiger partial charge in [0.2, 0.25) is 0 Å². The second kappa shape index (κ2) is 11.1. The molecule has 1 amide bonds. The molecule has 1 aliphatic rings. The SMILES string of the molecule is Cc1cc(OCC(C)C)ccc1C(O)=C1C(=O)C(=O)N(CCCN(C)C)[C@H]1c1ccc(Cl)cc1. The highest BCUT2D eigenvalue weighted by molar-refractivity contribution is 6.46. The van der Waals surface area contributed by atoms with E-state index in [0.717, 1.165) is 17.7 Å². The summed E-state index contributed by atoms with van der Waals surface area (Å²) in [5, 5.41) is 11.9. The summed E-state index contributed by atoms with van der Waals surface area (Å²) in [5.41, 5.74) is 2.08. The Morgan fingerprint density at radius 3 is 2.41 bits per heavy atom. The lowest BCUT2D eigenvalue weighted by Crippen LogP contribution is -2.32. The molecule has 1 fully saturated rings. The molecule has 182 valence electrons. The first-order chi connectivity index (χ1) is 16.1. The van der Waals surface area contributed by atoms with E-state index in [1.54, 1.807) is 41.3 Å². The fourth-order valence-electron chi connectivity index (χ4n) is 4.06. The molecular weight excluding hydrogens is 452 g/mol. The van der Waals surface area contributed by atoms with E-state index in [1.807, 2.05) is 32.0 Å². The summed E-state index contributed by atoms with van der Waals surface area (Å²) in [5.74, 6) is -0.379. The van der Waals surface area contributed by atoms with Gasteiger partial charge < -0.3 is 19.6 Å². The number of carbonyl (C=O) groups excluding carboxylic acids is 2. The minimum absolute atomic E-state index is 0.0936. The predicted molar refractivity (Wildman–Crippen MR) is 135 cm³/mol. The molecule has 1 N–H and O–H groups in total. The van der Waals surface area contributed by atoms with E-state index < -0.39 is 17.7 Å². The Kier molecular flexibility index (Phi) is 8.39. The molecule has 1 atom stereocenters. The number of halogens is 1. The third-order valence-electron chi connectivity index (χ3n) is 5.77. The molecule has 34 heavy (non-hydrogen) atoms. The van der Waals surface area contributed by atoms with Crippen LogP contribution < -0.4 is 4.74 Å². The van der Waals surface area contributed by atoms with E-state index >= 15 is 0 Å². The molecule has 7 heteroatoms. The number of rotatable bonds is 9. The molecule has 6 nitrogen and oxygen atoms in total. The van der Waals surface area contributed by atoms with Gasteiger partial charge in [0.25, 0.3) is 11.7 Å². The molecule has 0 aromatic heterocycles. The van der Waals surface area contributed by atoms with Gasteiger partial charge in [-0.25, -0.2) is 0 Å². The third-order valence-corrected chi connectivity index (χ3v) is 6.02. The fourth-order valence-corrected chi connectivity index (χ4v) is 4.19. The Balaban J connectivity index is 2.04. The van der Waals surface area contributed by atoms with Crippen molar-refractivity contribution in [3.05, 3.63) is 69.8 Å². The molecule has 2 aromatic rings. The smallest absolute Gasteiger partial charge is 0.295 e. The summed E-state index contributed by atoms with van der Waals surface area (Å²) in [6.07, 6.45) is 0.699. The van der Waals surface area contributed by atoms with Gasteiger partial charge in [0.1, 0.15) is 11.5 Å². The van der Waals surface area contributed by atoms with Crippen LogP contribution in [0.4, 0.5) is 0 Å².